The monoisotopic (exact) mass is 434 g/mol. The quantitative estimate of drug-likeness (QED) is 0.464. The van der Waals surface area contributed by atoms with Crippen LogP contribution in [-0.2, 0) is 17.8 Å². The van der Waals surface area contributed by atoms with Crippen LogP contribution < -0.4 is 4.90 Å². The van der Waals surface area contributed by atoms with Crippen molar-refractivity contribution in [1.29, 1.82) is 5.26 Å². The molecule has 2 aromatic heterocycles. The third kappa shape index (κ3) is 3.87. The number of hydrogen-bond acceptors (Lipinski definition) is 5. The summed E-state index contributed by atoms with van der Waals surface area (Å²) in [5.74, 6) is 1.68. The second-order valence-corrected chi connectivity index (χ2v) is 8.36. The average Bonchev–Trinajstić information content (AvgIpc) is 3.44. The van der Waals surface area contributed by atoms with E-state index in [4.69, 9.17) is 10.2 Å². The van der Waals surface area contributed by atoms with Gasteiger partial charge in [0.05, 0.1) is 18.7 Å². The van der Waals surface area contributed by atoms with Crippen molar-refractivity contribution in [3.8, 4) is 23.1 Å². The van der Waals surface area contributed by atoms with Crippen LogP contribution >= 0.6 is 0 Å². The van der Waals surface area contributed by atoms with E-state index in [-0.39, 0.29) is 5.91 Å². The molecule has 5 rings (SSSR count). The summed E-state index contributed by atoms with van der Waals surface area (Å²) in [5, 5.41) is 13.2. The van der Waals surface area contributed by atoms with Crippen molar-refractivity contribution in [2.24, 2.45) is 0 Å². The summed E-state index contributed by atoms with van der Waals surface area (Å²) in [6.07, 6.45) is 3.84. The summed E-state index contributed by atoms with van der Waals surface area (Å²) in [5.41, 5.74) is 5.23. The number of fused-ring (bicyclic) bond motifs is 1. The molecule has 0 fully saturated rings. The van der Waals surface area contributed by atoms with Crippen molar-refractivity contribution in [2.75, 3.05) is 4.90 Å². The Labute approximate surface area is 192 Å². The van der Waals surface area contributed by atoms with Gasteiger partial charge in [-0.3, -0.25) is 9.69 Å². The molecule has 0 bridgehead atoms. The summed E-state index contributed by atoms with van der Waals surface area (Å²) in [6.45, 7) is 4.73. The minimum atomic E-state index is 0.0170. The number of hydrogen-bond donors (Lipinski definition) is 0. The summed E-state index contributed by atoms with van der Waals surface area (Å²) >= 11 is 0. The number of aromatic nitrogens is 4. The zero-order chi connectivity index (χ0) is 22.9. The number of nitrogens with zero attached hydrogens (tertiary/aromatic N) is 6. The first kappa shape index (κ1) is 20.6. The lowest BCUT2D eigenvalue weighted by molar-refractivity contribution is -0.117. The number of carbonyl (C=O) groups excluding carboxylic acids is 1. The minimum absolute atomic E-state index is 0.0170. The molecule has 4 aromatic rings. The van der Waals surface area contributed by atoms with Crippen molar-refractivity contribution >= 4 is 11.7 Å². The van der Waals surface area contributed by atoms with E-state index >= 15 is 0 Å². The molecule has 0 spiro atoms. The van der Waals surface area contributed by atoms with Gasteiger partial charge in [-0.15, -0.1) is 0 Å². The van der Waals surface area contributed by atoms with E-state index in [0.29, 0.717) is 36.2 Å². The van der Waals surface area contributed by atoms with Gasteiger partial charge in [0.1, 0.15) is 11.9 Å². The number of benzene rings is 2. The molecule has 2 aromatic carbocycles. The first-order valence-electron chi connectivity index (χ1n) is 10.8. The zero-order valence-corrected chi connectivity index (χ0v) is 18.4. The Kier molecular flexibility index (Phi) is 5.19. The summed E-state index contributed by atoms with van der Waals surface area (Å²) in [4.78, 5) is 23.9. The predicted octanol–water partition coefficient (Wildman–Crippen LogP) is 4.41. The van der Waals surface area contributed by atoms with E-state index in [1.807, 2.05) is 48.5 Å². The van der Waals surface area contributed by atoms with E-state index in [1.165, 1.54) is 5.56 Å². The van der Waals surface area contributed by atoms with Crippen molar-refractivity contribution in [3.05, 3.63) is 89.4 Å². The molecule has 7 heteroatoms. The lowest BCUT2D eigenvalue weighted by Gasteiger charge is -2.18. The van der Waals surface area contributed by atoms with Crippen LogP contribution in [0, 0.1) is 11.3 Å². The number of nitriles is 1. The standard InChI is InChI=1S/C26H22N6O/c1-17(2)22-5-3-4-6-23(22)25-28-15-19-13-24(33)31(26(19)29-25)16-18-7-9-21(10-8-18)32-12-11-20(14-27)30-32/h3-12,15,17H,13,16H2,1-2H3. The highest BCUT2D eigenvalue weighted by Crippen LogP contribution is 2.32. The molecule has 1 aliphatic heterocycles. The number of anilines is 1. The molecular formula is C26H22N6O. The molecule has 0 atom stereocenters. The van der Waals surface area contributed by atoms with E-state index < -0.39 is 0 Å². The van der Waals surface area contributed by atoms with Crippen molar-refractivity contribution in [1.82, 2.24) is 19.7 Å². The topological polar surface area (TPSA) is 87.7 Å². The highest BCUT2D eigenvalue weighted by atomic mass is 16.2. The molecular weight excluding hydrogens is 412 g/mol. The first-order valence-corrected chi connectivity index (χ1v) is 10.8. The van der Waals surface area contributed by atoms with Gasteiger partial charge < -0.3 is 0 Å². The van der Waals surface area contributed by atoms with Crippen LogP contribution in [0.3, 0.4) is 0 Å². The van der Waals surface area contributed by atoms with Gasteiger partial charge in [0.15, 0.2) is 11.5 Å². The minimum Gasteiger partial charge on any atom is -0.292 e. The molecule has 0 saturated carbocycles. The highest BCUT2D eigenvalue weighted by Gasteiger charge is 2.30. The van der Waals surface area contributed by atoms with Crippen LogP contribution in [0.25, 0.3) is 17.1 Å². The second-order valence-electron chi connectivity index (χ2n) is 8.36. The van der Waals surface area contributed by atoms with E-state index in [0.717, 1.165) is 22.4 Å². The summed E-state index contributed by atoms with van der Waals surface area (Å²) < 4.78 is 1.66. The molecule has 1 aliphatic rings. The molecule has 162 valence electrons. The van der Waals surface area contributed by atoms with Gasteiger partial charge in [-0.05, 0) is 35.2 Å². The predicted molar refractivity (Wildman–Crippen MR) is 125 cm³/mol. The third-order valence-electron chi connectivity index (χ3n) is 5.81. The van der Waals surface area contributed by atoms with Crippen LogP contribution in [0.2, 0.25) is 0 Å². The van der Waals surface area contributed by atoms with Crippen LogP contribution in [0.1, 0.15) is 42.1 Å². The maximum Gasteiger partial charge on any atom is 0.233 e. The Morgan fingerprint density at radius 3 is 2.61 bits per heavy atom. The van der Waals surface area contributed by atoms with Crippen molar-refractivity contribution in [2.45, 2.75) is 32.7 Å². The van der Waals surface area contributed by atoms with Crippen LogP contribution in [0.5, 0.6) is 0 Å². The molecule has 7 nitrogen and oxygen atoms in total. The molecule has 0 unspecified atom stereocenters. The Morgan fingerprint density at radius 1 is 1.09 bits per heavy atom. The maximum atomic E-state index is 12.8. The van der Waals surface area contributed by atoms with Gasteiger partial charge in [0.2, 0.25) is 5.91 Å². The molecule has 0 aliphatic carbocycles. The number of carbonyl (C=O) groups is 1. The Hall–Kier alpha value is -4.31. The van der Waals surface area contributed by atoms with Crippen molar-refractivity contribution < 1.29 is 4.79 Å². The molecule has 3 heterocycles. The molecule has 1 amide bonds. The largest absolute Gasteiger partial charge is 0.292 e. The number of amides is 1. The normalized spacial score (nSPS) is 12.8. The maximum absolute atomic E-state index is 12.8. The lowest BCUT2D eigenvalue weighted by Crippen LogP contribution is -2.26. The number of rotatable bonds is 5. The fourth-order valence-electron chi connectivity index (χ4n) is 4.09. The average molecular weight is 435 g/mol. The third-order valence-corrected chi connectivity index (χ3v) is 5.81. The fraction of sp³-hybridized carbons (Fsp3) is 0.192. The molecule has 33 heavy (non-hydrogen) atoms. The summed E-state index contributed by atoms with van der Waals surface area (Å²) in [6, 6.07) is 19.6. The SMILES string of the molecule is CC(C)c1ccccc1-c1ncc2c(n1)N(Cc1ccc(-n3ccc(C#N)n3)cc1)C(=O)C2. The van der Waals surface area contributed by atoms with Gasteiger partial charge in [-0.25, -0.2) is 14.6 Å². The van der Waals surface area contributed by atoms with Gasteiger partial charge in [-0.1, -0.05) is 50.2 Å². The molecule has 0 N–H and O–H groups in total. The van der Waals surface area contributed by atoms with Crippen molar-refractivity contribution in [3.63, 3.8) is 0 Å². The van der Waals surface area contributed by atoms with E-state index in [9.17, 15) is 4.79 Å². The van der Waals surface area contributed by atoms with Gasteiger partial charge in [-0.2, -0.15) is 10.4 Å². The van der Waals surface area contributed by atoms with E-state index in [1.54, 1.807) is 28.0 Å². The van der Waals surface area contributed by atoms with E-state index in [2.05, 4.69) is 30.0 Å². The zero-order valence-electron chi connectivity index (χ0n) is 18.4. The molecule has 0 radical (unpaired) electrons. The van der Waals surface area contributed by atoms with Gasteiger partial charge in [0.25, 0.3) is 0 Å². The fourth-order valence-corrected chi connectivity index (χ4v) is 4.09. The summed E-state index contributed by atoms with van der Waals surface area (Å²) in [7, 11) is 0. The van der Waals surface area contributed by atoms with Crippen LogP contribution in [0.15, 0.2) is 67.0 Å². The second kappa shape index (κ2) is 8.32. The Balaban J connectivity index is 1.43. The van der Waals surface area contributed by atoms with Crippen LogP contribution in [-0.4, -0.2) is 25.7 Å². The van der Waals surface area contributed by atoms with Crippen LogP contribution in [0.4, 0.5) is 5.82 Å². The highest BCUT2D eigenvalue weighted by molar-refractivity contribution is 6.00. The Morgan fingerprint density at radius 2 is 1.88 bits per heavy atom. The first-order chi connectivity index (χ1) is 16.0. The lowest BCUT2D eigenvalue weighted by atomic mass is 9.97. The van der Waals surface area contributed by atoms with Gasteiger partial charge >= 0.3 is 0 Å². The Bertz CT molecular complexity index is 1380. The molecule has 0 saturated heterocycles. The van der Waals surface area contributed by atoms with Gasteiger partial charge in [0, 0.05) is 23.5 Å². The smallest absolute Gasteiger partial charge is 0.233 e.